The summed E-state index contributed by atoms with van der Waals surface area (Å²) in [5.41, 5.74) is 5.22. The van der Waals surface area contributed by atoms with E-state index in [1.54, 1.807) is 0 Å². The van der Waals surface area contributed by atoms with Gasteiger partial charge >= 0.3 is 0 Å². The lowest BCUT2D eigenvalue weighted by molar-refractivity contribution is -0.121. The molecule has 1 N–H and O–H groups in total. The SMILES string of the molecule is C[C@@H](NC(=O)CCc1ccc2c(c1)OCCO2)c1ccc2c(c1)CCCC2. The number of fused-ring (bicyclic) bond motifs is 2. The molecule has 1 heterocycles. The van der Waals surface area contributed by atoms with E-state index in [9.17, 15) is 4.79 Å². The molecule has 1 aliphatic heterocycles. The molecule has 1 aliphatic carbocycles. The zero-order valence-corrected chi connectivity index (χ0v) is 15.9. The molecule has 1 amide bonds. The Balaban J connectivity index is 1.32. The molecule has 142 valence electrons. The molecule has 4 nitrogen and oxygen atoms in total. The van der Waals surface area contributed by atoms with Crippen molar-refractivity contribution < 1.29 is 14.3 Å². The van der Waals surface area contributed by atoms with Gasteiger partial charge < -0.3 is 14.8 Å². The average Bonchev–Trinajstić information content (AvgIpc) is 2.71. The average molecular weight is 365 g/mol. The van der Waals surface area contributed by atoms with Crippen LogP contribution in [-0.2, 0) is 24.1 Å². The summed E-state index contributed by atoms with van der Waals surface area (Å²) in [5, 5.41) is 3.14. The summed E-state index contributed by atoms with van der Waals surface area (Å²) < 4.78 is 11.2. The smallest absolute Gasteiger partial charge is 0.220 e. The monoisotopic (exact) mass is 365 g/mol. The first-order valence-corrected chi connectivity index (χ1v) is 9.98. The lowest BCUT2D eigenvalue weighted by Gasteiger charge is -2.20. The Labute approximate surface area is 160 Å². The summed E-state index contributed by atoms with van der Waals surface area (Å²) in [6.07, 6.45) is 6.07. The standard InChI is InChI=1S/C23H27NO3/c1-16(19-9-8-18-4-2-3-5-20(18)15-19)24-23(25)11-7-17-6-10-21-22(14-17)27-13-12-26-21/h6,8-10,14-16H,2-5,7,11-13H2,1H3,(H,24,25)/t16-/m1/s1. The van der Waals surface area contributed by atoms with Crippen LogP contribution in [0.2, 0.25) is 0 Å². The van der Waals surface area contributed by atoms with Crippen molar-refractivity contribution in [3.63, 3.8) is 0 Å². The molecule has 2 aromatic carbocycles. The van der Waals surface area contributed by atoms with Gasteiger partial charge in [0.15, 0.2) is 11.5 Å². The first kappa shape index (κ1) is 17.9. The maximum Gasteiger partial charge on any atom is 0.220 e. The molecule has 2 aromatic rings. The van der Waals surface area contributed by atoms with Crippen LogP contribution in [0.1, 0.15) is 54.5 Å². The van der Waals surface area contributed by atoms with Gasteiger partial charge in [-0.15, -0.1) is 0 Å². The second-order valence-electron chi connectivity index (χ2n) is 7.50. The molecule has 0 aromatic heterocycles. The van der Waals surface area contributed by atoms with Crippen molar-refractivity contribution in [1.82, 2.24) is 5.32 Å². The van der Waals surface area contributed by atoms with Gasteiger partial charge in [0.1, 0.15) is 13.2 Å². The van der Waals surface area contributed by atoms with E-state index < -0.39 is 0 Å². The highest BCUT2D eigenvalue weighted by Gasteiger charge is 2.15. The Morgan fingerprint density at radius 2 is 1.78 bits per heavy atom. The third-order valence-corrected chi connectivity index (χ3v) is 5.50. The number of carbonyl (C=O) groups is 1. The molecule has 2 aliphatic rings. The molecule has 27 heavy (non-hydrogen) atoms. The minimum absolute atomic E-state index is 0.0324. The van der Waals surface area contributed by atoms with Crippen molar-refractivity contribution in [3.8, 4) is 11.5 Å². The number of rotatable bonds is 5. The van der Waals surface area contributed by atoms with Crippen LogP contribution < -0.4 is 14.8 Å². The van der Waals surface area contributed by atoms with E-state index in [1.165, 1.54) is 36.0 Å². The number of carbonyl (C=O) groups excluding carboxylic acids is 1. The van der Waals surface area contributed by atoms with Crippen LogP contribution in [0, 0.1) is 0 Å². The third-order valence-electron chi connectivity index (χ3n) is 5.50. The number of amides is 1. The number of benzene rings is 2. The molecule has 0 radical (unpaired) electrons. The van der Waals surface area contributed by atoms with E-state index in [2.05, 4.69) is 30.4 Å². The predicted molar refractivity (Wildman–Crippen MR) is 105 cm³/mol. The first-order valence-electron chi connectivity index (χ1n) is 9.98. The second-order valence-corrected chi connectivity index (χ2v) is 7.50. The van der Waals surface area contributed by atoms with Crippen LogP contribution >= 0.6 is 0 Å². The van der Waals surface area contributed by atoms with Gasteiger partial charge in [-0.2, -0.15) is 0 Å². The van der Waals surface area contributed by atoms with E-state index in [1.807, 2.05) is 18.2 Å². The van der Waals surface area contributed by atoms with E-state index in [-0.39, 0.29) is 11.9 Å². The van der Waals surface area contributed by atoms with Crippen LogP contribution in [0.25, 0.3) is 0 Å². The predicted octanol–water partition coefficient (Wildman–Crippen LogP) is 4.15. The molecule has 0 unspecified atom stereocenters. The zero-order valence-electron chi connectivity index (χ0n) is 15.9. The summed E-state index contributed by atoms with van der Waals surface area (Å²) >= 11 is 0. The van der Waals surface area contributed by atoms with E-state index in [0.717, 1.165) is 23.5 Å². The van der Waals surface area contributed by atoms with Crippen molar-refractivity contribution in [3.05, 3.63) is 58.7 Å². The Kier molecular flexibility index (Phi) is 5.33. The molecule has 4 heteroatoms. The number of aryl methyl sites for hydroxylation is 3. The summed E-state index contributed by atoms with van der Waals surface area (Å²) in [6, 6.07) is 12.6. The summed E-state index contributed by atoms with van der Waals surface area (Å²) in [5.74, 6) is 1.65. The fourth-order valence-corrected chi connectivity index (χ4v) is 3.92. The first-order chi connectivity index (χ1) is 13.2. The van der Waals surface area contributed by atoms with Crippen molar-refractivity contribution in [2.24, 2.45) is 0 Å². The van der Waals surface area contributed by atoms with Gasteiger partial charge in [0.2, 0.25) is 5.91 Å². The molecule has 0 bridgehead atoms. The minimum Gasteiger partial charge on any atom is -0.486 e. The van der Waals surface area contributed by atoms with Crippen molar-refractivity contribution in [2.75, 3.05) is 13.2 Å². The minimum atomic E-state index is 0.0324. The fourth-order valence-electron chi connectivity index (χ4n) is 3.92. The quantitative estimate of drug-likeness (QED) is 0.866. The molecule has 0 fully saturated rings. The normalized spacial score (nSPS) is 16.3. The molecular formula is C23H27NO3. The zero-order chi connectivity index (χ0) is 18.6. The second kappa shape index (κ2) is 8.03. The van der Waals surface area contributed by atoms with Gasteiger partial charge in [-0.1, -0.05) is 24.3 Å². The van der Waals surface area contributed by atoms with Crippen molar-refractivity contribution in [1.29, 1.82) is 0 Å². The number of ether oxygens (including phenoxy) is 2. The highest BCUT2D eigenvalue weighted by atomic mass is 16.6. The van der Waals surface area contributed by atoms with Gasteiger partial charge in [-0.3, -0.25) is 4.79 Å². The third kappa shape index (κ3) is 4.26. The van der Waals surface area contributed by atoms with Crippen LogP contribution in [0.3, 0.4) is 0 Å². The highest BCUT2D eigenvalue weighted by Crippen LogP contribution is 2.31. The maximum absolute atomic E-state index is 12.4. The summed E-state index contributed by atoms with van der Waals surface area (Å²) in [7, 11) is 0. The highest BCUT2D eigenvalue weighted by molar-refractivity contribution is 5.76. The lowest BCUT2D eigenvalue weighted by atomic mass is 9.89. The Bertz CT molecular complexity index is 830. The largest absolute Gasteiger partial charge is 0.486 e. The maximum atomic E-state index is 12.4. The molecule has 0 saturated carbocycles. The van der Waals surface area contributed by atoms with Gasteiger partial charge in [0, 0.05) is 6.42 Å². The van der Waals surface area contributed by atoms with Gasteiger partial charge in [0.05, 0.1) is 6.04 Å². The van der Waals surface area contributed by atoms with Crippen molar-refractivity contribution >= 4 is 5.91 Å². The van der Waals surface area contributed by atoms with E-state index in [0.29, 0.717) is 26.1 Å². The van der Waals surface area contributed by atoms with Crippen LogP contribution in [-0.4, -0.2) is 19.1 Å². The molecule has 0 spiro atoms. The Morgan fingerprint density at radius 3 is 2.63 bits per heavy atom. The van der Waals surface area contributed by atoms with Gasteiger partial charge in [-0.05, 0) is 73.4 Å². The Morgan fingerprint density at radius 1 is 1.00 bits per heavy atom. The Hall–Kier alpha value is -2.49. The number of hydrogen-bond acceptors (Lipinski definition) is 3. The van der Waals surface area contributed by atoms with Crippen LogP contribution in [0.15, 0.2) is 36.4 Å². The van der Waals surface area contributed by atoms with E-state index >= 15 is 0 Å². The molecule has 0 saturated heterocycles. The lowest BCUT2D eigenvalue weighted by Crippen LogP contribution is -2.27. The number of hydrogen-bond donors (Lipinski definition) is 1. The van der Waals surface area contributed by atoms with Crippen molar-refractivity contribution in [2.45, 2.75) is 51.5 Å². The van der Waals surface area contributed by atoms with Gasteiger partial charge in [-0.25, -0.2) is 0 Å². The summed E-state index contributed by atoms with van der Waals surface area (Å²) in [6.45, 7) is 3.23. The molecule has 4 rings (SSSR count). The van der Waals surface area contributed by atoms with Crippen LogP contribution in [0.4, 0.5) is 0 Å². The van der Waals surface area contributed by atoms with E-state index in [4.69, 9.17) is 9.47 Å². The fraction of sp³-hybridized carbons (Fsp3) is 0.435. The summed E-state index contributed by atoms with van der Waals surface area (Å²) in [4.78, 5) is 12.4. The van der Waals surface area contributed by atoms with Crippen LogP contribution in [0.5, 0.6) is 11.5 Å². The molecule has 1 atom stereocenters. The number of nitrogens with one attached hydrogen (secondary N) is 1. The topological polar surface area (TPSA) is 47.6 Å². The molecular weight excluding hydrogens is 338 g/mol. The van der Waals surface area contributed by atoms with Gasteiger partial charge in [0.25, 0.3) is 0 Å².